The predicted molar refractivity (Wildman–Crippen MR) is 60.4 cm³/mol. The van der Waals surface area contributed by atoms with E-state index >= 15 is 0 Å². The third-order valence-electron chi connectivity index (χ3n) is 2.51. The Hall–Kier alpha value is -1.33. The van der Waals surface area contributed by atoms with Gasteiger partial charge < -0.3 is 5.11 Å². The summed E-state index contributed by atoms with van der Waals surface area (Å²) in [7, 11) is 0. The number of benzene rings is 1. The molecule has 2 rings (SSSR count). The van der Waals surface area contributed by atoms with Crippen molar-refractivity contribution in [3.05, 3.63) is 35.4 Å². The lowest BCUT2D eigenvalue weighted by molar-refractivity contribution is 0.183. The third kappa shape index (κ3) is 4.62. The molecule has 0 aromatic heterocycles. The lowest BCUT2D eigenvalue weighted by Gasteiger charge is -1.91. The minimum Gasteiger partial charge on any atom is -0.393 e. The molecule has 1 aliphatic rings. The van der Waals surface area contributed by atoms with Crippen molar-refractivity contribution in [1.29, 1.82) is 5.26 Å². The molecule has 0 spiro atoms. The van der Waals surface area contributed by atoms with Crippen LogP contribution in [0.15, 0.2) is 24.3 Å². The van der Waals surface area contributed by atoms with E-state index in [1.165, 1.54) is 18.4 Å². The standard InChI is InChI=1S/C8H7N.C5H10O/c1-7-2-4-8(6-9)5-3-7;6-5-3-1-2-4-5/h2-5H,1H3;5-6H,1-4H2. The number of rotatable bonds is 0. The van der Waals surface area contributed by atoms with Gasteiger partial charge >= 0.3 is 0 Å². The Kier molecular flexibility index (Phi) is 4.86. The van der Waals surface area contributed by atoms with Crippen LogP contribution in [0.3, 0.4) is 0 Å². The molecule has 0 aliphatic heterocycles. The van der Waals surface area contributed by atoms with Gasteiger partial charge in [0.15, 0.2) is 0 Å². The van der Waals surface area contributed by atoms with Crippen LogP contribution >= 0.6 is 0 Å². The molecule has 1 fully saturated rings. The van der Waals surface area contributed by atoms with Crippen molar-refractivity contribution in [2.24, 2.45) is 0 Å². The molecule has 0 bridgehead atoms. The highest BCUT2D eigenvalue weighted by Gasteiger charge is 2.09. The molecule has 2 heteroatoms. The lowest BCUT2D eigenvalue weighted by atomic mass is 10.2. The van der Waals surface area contributed by atoms with Gasteiger partial charge in [-0.2, -0.15) is 5.26 Å². The first-order valence-corrected chi connectivity index (χ1v) is 5.37. The Labute approximate surface area is 91.2 Å². The fourth-order valence-electron chi connectivity index (χ4n) is 1.53. The van der Waals surface area contributed by atoms with Gasteiger partial charge in [0.05, 0.1) is 17.7 Å². The van der Waals surface area contributed by atoms with Crippen molar-refractivity contribution in [1.82, 2.24) is 0 Å². The van der Waals surface area contributed by atoms with Crippen LogP contribution in [0.25, 0.3) is 0 Å². The average molecular weight is 203 g/mol. The van der Waals surface area contributed by atoms with E-state index < -0.39 is 0 Å². The maximum atomic E-state index is 8.73. The zero-order chi connectivity index (χ0) is 11.1. The number of aliphatic hydroxyl groups excluding tert-OH is 1. The maximum Gasteiger partial charge on any atom is 0.0991 e. The van der Waals surface area contributed by atoms with Gasteiger partial charge in [-0.25, -0.2) is 0 Å². The number of aliphatic hydroxyl groups is 1. The minimum atomic E-state index is 0.0463. The fraction of sp³-hybridized carbons (Fsp3) is 0.462. The maximum absolute atomic E-state index is 8.73. The zero-order valence-electron chi connectivity index (χ0n) is 9.11. The second kappa shape index (κ2) is 6.21. The molecule has 0 atom stereocenters. The highest BCUT2D eigenvalue weighted by molar-refractivity contribution is 5.30. The van der Waals surface area contributed by atoms with E-state index in [0.29, 0.717) is 0 Å². The average Bonchev–Trinajstić information content (AvgIpc) is 2.71. The highest BCUT2D eigenvalue weighted by atomic mass is 16.3. The molecule has 1 aliphatic carbocycles. The van der Waals surface area contributed by atoms with Gasteiger partial charge in [0.1, 0.15) is 0 Å². The monoisotopic (exact) mass is 203 g/mol. The van der Waals surface area contributed by atoms with Gasteiger partial charge in [-0.05, 0) is 31.9 Å². The van der Waals surface area contributed by atoms with E-state index in [1.54, 1.807) is 0 Å². The van der Waals surface area contributed by atoms with Gasteiger partial charge in [0.2, 0.25) is 0 Å². The molecule has 0 heterocycles. The summed E-state index contributed by atoms with van der Waals surface area (Å²) < 4.78 is 0. The summed E-state index contributed by atoms with van der Waals surface area (Å²) in [6.07, 6.45) is 4.60. The number of aryl methyl sites for hydroxylation is 1. The first kappa shape index (κ1) is 11.7. The Morgan fingerprint density at radius 3 is 2.07 bits per heavy atom. The summed E-state index contributed by atoms with van der Waals surface area (Å²) >= 11 is 0. The van der Waals surface area contributed by atoms with Crippen LogP contribution in [-0.4, -0.2) is 11.2 Å². The van der Waals surface area contributed by atoms with Gasteiger partial charge in [0, 0.05) is 0 Å². The number of hydrogen-bond donors (Lipinski definition) is 1. The van der Waals surface area contributed by atoms with Crippen LogP contribution in [0.5, 0.6) is 0 Å². The normalized spacial score (nSPS) is 15.3. The van der Waals surface area contributed by atoms with Crippen LogP contribution in [0, 0.1) is 18.3 Å². The van der Waals surface area contributed by atoms with Crippen molar-refractivity contribution in [3.8, 4) is 6.07 Å². The van der Waals surface area contributed by atoms with Crippen LogP contribution in [0.4, 0.5) is 0 Å². The molecule has 1 aromatic rings. The number of hydrogen-bond acceptors (Lipinski definition) is 2. The fourth-order valence-corrected chi connectivity index (χ4v) is 1.53. The Bertz CT molecular complexity index is 317. The van der Waals surface area contributed by atoms with E-state index in [0.717, 1.165) is 18.4 Å². The molecule has 2 nitrogen and oxygen atoms in total. The zero-order valence-corrected chi connectivity index (χ0v) is 9.11. The summed E-state index contributed by atoms with van der Waals surface area (Å²) in [4.78, 5) is 0. The molecule has 0 unspecified atom stereocenters. The van der Waals surface area contributed by atoms with Gasteiger partial charge in [-0.15, -0.1) is 0 Å². The summed E-state index contributed by atoms with van der Waals surface area (Å²) in [6.45, 7) is 2.00. The molecule has 80 valence electrons. The molecule has 1 saturated carbocycles. The summed E-state index contributed by atoms with van der Waals surface area (Å²) in [6, 6.07) is 9.54. The lowest BCUT2D eigenvalue weighted by Crippen LogP contribution is -1.94. The summed E-state index contributed by atoms with van der Waals surface area (Å²) in [5.74, 6) is 0. The van der Waals surface area contributed by atoms with E-state index in [4.69, 9.17) is 10.4 Å². The molecule has 0 saturated heterocycles. The Morgan fingerprint density at radius 2 is 1.73 bits per heavy atom. The molecule has 0 radical (unpaired) electrons. The number of nitrogens with zero attached hydrogens (tertiary/aromatic N) is 1. The van der Waals surface area contributed by atoms with E-state index in [-0.39, 0.29) is 6.10 Å². The second-order valence-corrected chi connectivity index (χ2v) is 3.92. The first-order chi connectivity index (χ1) is 7.22. The van der Waals surface area contributed by atoms with Gasteiger partial charge in [-0.1, -0.05) is 30.5 Å². The van der Waals surface area contributed by atoms with Crippen molar-refractivity contribution in [2.45, 2.75) is 38.7 Å². The molecule has 1 aromatic carbocycles. The van der Waals surface area contributed by atoms with Crippen LogP contribution < -0.4 is 0 Å². The van der Waals surface area contributed by atoms with E-state index in [2.05, 4.69) is 6.07 Å². The SMILES string of the molecule is Cc1ccc(C#N)cc1.OC1CCCC1. The largest absolute Gasteiger partial charge is 0.393 e. The Morgan fingerprint density at radius 1 is 1.20 bits per heavy atom. The van der Waals surface area contributed by atoms with E-state index in [9.17, 15) is 0 Å². The predicted octanol–water partition coefficient (Wildman–Crippen LogP) is 2.79. The van der Waals surface area contributed by atoms with Gasteiger partial charge in [0.25, 0.3) is 0 Å². The number of nitriles is 1. The first-order valence-electron chi connectivity index (χ1n) is 5.37. The van der Waals surface area contributed by atoms with Crippen LogP contribution in [0.2, 0.25) is 0 Å². The molecule has 15 heavy (non-hydrogen) atoms. The highest BCUT2D eigenvalue weighted by Crippen LogP contribution is 2.16. The van der Waals surface area contributed by atoms with Crippen LogP contribution in [0.1, 0.15) is 36.8 Å². The molecule has 1 N–H and O–H groups in total. The topological polar surface area (TPSA) is 44.0 Å². The van der Waals surface area contributed by atoms with Crippen molar-refractivity contribution in [2.75, 3.05) is 0 Å². The van der Waals surface area contributed by atoms with Crippen LogP contribution in [-0.2, 0) is 0 Å². The van der Waals surface area contributed by atoms with Crippen molar-refractivity contribution in [3.63, 3.8) is 0 Å². The summed E-state index contributed by atoms with van der Waals surface area (Å²) in [5, 5.41) is 17.1. The van der Waals surface area contributed by atoms with Crippen molar-refractivity contribution < 1.29 is 5.11 Å². The smallest absolute Gasteiger partial charge is 0.0991 e. The Balaban J connectivity index is 0.000000162. The molecular formula is C13H17NO. The quantitative estimate of drug-likeness (QED) is 0.704. The van der Waals surface area contributed by atoms with Gasteiger partial charge in [-0.3, -0.25) is 0 Å². The summed E-state index contributed by atoms with van der Waals surface area (Å²) in [5.41, 5.74) is 1.91. The molecular weight excluding hydrogens is 186 g/mol. The third-order valence-corrected chi connectivity index (χ3v) is 2.51. The van der Waals surface area contributed by atoms with Crippen molar-refractivity contribution >= 4 is 0 Å². The second-order valence-electron chi connectivity index (χ2n) is 3.92. The minimum absolute atomic E-state index is 0.0463. The van der Waals surface area contributed by atoms with E-state index in [1.807, 2.05) is 31.2 Å². The molecule has 0 amide bonds.